The maximum absolute atomic E-state index is 13.7. The predicted molar refractivity (Wildman–Crippen MR) is 99.6 cm³/mol. The Bertz CT molecular complexity index is 1270. The van der Waals surface area contributed by atoms with Crippen molar-refractivity contribution >= 4 is 22.7 Å². The Morgan fingerprint density at radius 2 is 1.75 bits per heavy atom. The Morgan fingerprint density at radius 3 is 2.46 bits per heavy atom. The van der Waals surface area contributed by atoms with Crippen molar-refractivity contribution in [2.75, 3.05) is 4.90 Å². The van der Waals surface area contributed by atoms with Gasteiger partial charge in [0.25, 0.3) is 5.91 Å². The first-order chi connectivity index (χ1) is 13.6. The fourth-order valence-electron chi connectivity index (χ4n) is 3.50. The highest BCUT2D eigenvalue weighted by atomic mass is 19.1. The Hall–Kier alpha value is -3.87. The minimum Gasteiger partial charge on any atom is -0.450 e. The highest BCUT2D eigenvalue weighted by molar-refractivity contribution is 6.10. The van der Waals surface area contributed by atoms with E-state index in [1.807, 2.05) is 0 Å². The quantitative estimate of drug-likeness (QED) is 0.538. The van der Waals surface area contributed by atoms with Crippen LogP contribution in [0.15, 0.2) is 76.2 Å². The molecule has 1 aliphatic heterocycles. The zero-order chi connectivity index (χ0) is 19.3. The molecule has 0 radical (unpaired) electrons. The summed E-state index contributed by atoms with van der Waals surface area (Å²) >= 11 is 0. The predicted octanol–water partition coefficient (Wildman–Crippen LogP) is 3.47. The molecule has 1 aliphatic rings. The second-order valence-electron chi connectivity index (χ2n) is 6.33. The van der Waals surface area contributed by atoms with E-state index in [4.69, 9.17) is 4.42 Å². The number of benzene rings is 1. The summed E-state index contributed by atoms with van der Waals surface area (Å²) in [4.78, 5) is 36.4. The number of hydrogen-bond acceptors (Lipinski definition) is 5. The second-order valence-corrected chi connectivity index (χ2v) is 6.33. The molecule has 1 aromatic carbocycles. The standard InChI is InChI=1S/C21H12FN3O3/c22-12-7-8-15-13(11-12)19(26)17-18(14-5-1-3-9-23-14)25(21(27)20(17)28-15)16-6-2-4-10-24-16/h1-11,18H. The molecule has 0 saturated heterocycles. The van der Waals surface area contributed by atoms with Crippen LogP contribution in [0.1, 0.15) is 27.9 Å². The van der Waals surface area contributed by atoms with Crippen molar-refractivity contribution < 1.29 is 13.6 Å². The molecule has 1 amide bonds. The summed E-state index contributed by atoms with van der Waals surface area (Å²) in [5, 5.41) is 0.0790. The van der Waals surface area contributed by atoms with E-state index in [9.17, 15) is 14.0 Å². The van der Waals surface area contributed by atoms with E-state index < -0.39 is 23.2 Å². The lowest BCUT2D eigenvalue weighted by Gasteiger charge is -2.23. The summed E-state index contributed by atoms with van der Waals surface area (Å²) in [5.74, 6) is -0.762. The van der Waals surface area contributed by atoms with E-state index >= 15 is 0 Å². The number of pyridine rings is 2. The van der Waals surface area contributed by atoms with Crippen molar-refractivity contribution in [2.45, 2.75) is 6.04 Å². The van der Waals surface area contributed by atoms with Gasteiger partial charge in [-0.25, -0.2) is 9.37 Å². The summed E-state index contributed by atoms with van der Waals surface area (Å²) in [6.07, 6.45) is 3.14. The van der Waals surface area contributed by atoms with Gasteiger partial charge in [-0.1, -0.05) is 12.1 Å². The number of anilines is 1. The topological polar surface area (TPSA) is 76.3 Å². The Kier molecular flexibility index (Phi) is 3.55. The number of nitrogens with zero attached hydrogens (tertiary/aromatic N) is 3. The summed E-state index contributed by atoms with van der Waals surface area (Å²) in [5.41, 5.74) is 0.315. The van der Waals surface area contributed by atoms with Gasteiger partial charge in [0.2, 0.25) is 5.76 Å². The lowest BCUT2D eigenvalue weighted by molar-refractivity contribution is 0.0970. The van der Waals surface area contributed by atoms with Crippen LogP contribution < -0.4 is 10.3 Å². The zero-order valence-corrected chi connectivity index (χ0v) is 14.4. The number of halogens is 1. The van der Waals surface area contributed by atoms with Crippen molar-refractivity contribution in [3.63, 3.8) is 0 Å². The van der Waals surface area contributed by atoms with Gasteiger partial charge in [-0.05, 0) is 42.5 Å². The number of hydrogen-bond donors (Lipinski definition) is 0. The number of carbonyl (C=O) groups excluding carboxylic acids is 1. The molecule has 7 heteroatoms. The van der Waals surface area contributed by atoms with Gasteiger partial charge in [0.05, 0.1) is 16.6 Å². The fraction of sp³-hybridized carbons (Fsp3) is 0.0476. The molecule has 0 aliphatic carbocycles. The molecule has 28 heavy (non-hydrogen) atoms. The number of rotatable bonds is 2. The van der Waals surface area contributed by atoms with Crippen molar-refractivity contribution in [2.24, 2.45) is 0 Å². The average molecular weight is 373 g/mol. The van der Waals surface area contributed by atoms with Crippen LogP contribution in [0, 0.1) is 5.82 Å². The first-order valence-electron chi connectivity index (χ1n) is 8.57. The van der Waals surface area contributed by atoms with Gasteiger partial charge in [-0.2, -0.15) is 0 Å². The molecule has 0 bridgehead atoms. The number of carbonyl (C=O) groups is 1. The molecule has 3 aromatic heterocycles. The Morgan fingerprint density at radius 1 is 0.964 bits per heavy atom. The summed E-state index contributed by atoms with van der Waals surface area (Å²) in [6.45, 7) is 0. The largest absolute Gasteiger partial charge is 0.450 e. The monoisotopic (exact) mass is 373 g/mol. The van der Waals surface area contributed by atoms with Gasteiger partial charge in [-0.15, -0.1) is 0 Å². The lowest BCUT2D eigenvalue weighted by atomic mass is 10.0. The number of fused-ring (bicyclic) bond motifs is 2. The third-order valence-electron chi connectivity index (χ3n) is 4.70. The highest BCUT2D eigenvalue weighted by Gasteiger charge is 2.44. The molecule has 136 valence electrons. The molecule has 4 heterocycles. The van der Waals surface area contributed by atoms with Crippen LogP contribution >= 0.6 is 0 Å². The first-order valence-corrected chi connectivity index (χ1v) is 8.57. The molecule has 0 N–H and O–H groups in total. The van der Waals surface area contributed by atoms with Crippen molar-refractivity contribution in [1.29, 1.82) is 0 Å². The highest BCUT2D eigenvalue weighted by Crippen LogP contribution is 2.39. The summed E-state index contributed by atoms with van der Waals surface area (Å²) in [7, 11) is 0. The molecule has 5 rings (SSSR count). The maximum Gasteiger partial charge on any atom is 0.296 e. The van der Waals surface area contributed by atoms with Crippen LogP contribution in [0.25, 0.3) is 11.0 Å². The molecule has 0 fully saturated rings. The number of amides is 1. The van der Waals surface area contributed by atoms with Crippen molar-refractivity contribution in [1.82, 2.24) is 9.97 Å². The molecular weight excluding hydrogens is 361 g/mol. The van der Waals surface area contributed by atoms with Gasteiger partial charge in [-0.3, -0.25) is 19.5 Å². The van der Waals surface area contributed by atoms with Crippen LogP contribution in [0.5, 0.6) is 0 Å². The van der Waals surface area contributed by atoms with Gasteiger partial charge in [0.15, 0.2) is 5.43 Å². The van der Waals surface area contributed by atoms with Gasteiger partial charge < -0.3 is 4.42 Å². The average Bonchev–Trinajstić information content (AvgIpc) is 3.03. The smallest absolute Gasteiger partial charge is 0.296 e. The summed E-state index contributed by atoms with van der Waals surface area (Å²) < 4.78 is 19.5. The minimum atomic E-state index is -0.817. The third-order valence-corrected chi connectivity index (χ3v) is 4.70. The lowest BCUT2D eigenvalue weighted by Crippen LogP contribution is -2.30. The van der Waals surface area contributed by atoms with E-state index in [1.54, 1.807) is 48.8 Å². The van der Waals surface area contributed by atoms with E-state index in [0.29, 0.717) is 11.5 Å². The van der Waals surface area contributed by atoms with E-state index in [0.717, 1.165) is 6.07 Å². The molecule has 0 spiro atoms. The summed E-state index contributed by atoms with van der Waals surface area (Å²) in [6, 6.07) is 13.2. The van der Waals surface area contributed by atoms with Crippen LogP contribution in [0.4, 0.5) is 10.2 Å². The van der Waals surface area contributed by atoms with Crippen molar-refractivity contribution in [3.8, 4) is 0 Å². The maximum atomic E-state index is 13.7. The Labute approximate surface area is 157 Å². The van der Waals surface area contributed by atoms with Crippen molar-refractivity contribution in [3.05, 3.63) is 100 Å². The molecule has 4 aromatic rings. The van der Waals surface area contributed by atoms with Crippen LogP contribution in [0.2, 0.25) is 0 Å². The second kappa shape index (κ2) is 6.09. The minimum absolute atomic E-state index is 0.0783. The SMILES string of the molecule is O=C1c2oc3ccc(F)cc3c(=O)c2C(c2ccccn2)N1c1ccccn1. The number of aromatic nitrogens is 2. The first kappa shape index (κ1) is 16.3. The Balaban J connectivity index is 1.84. The van der Waals surface area contributed by atoms with Gasteiger partial charge >= 0.3 is 0 Å². The fourth-order valence-corrected chi connectivity index (χ4v) is 3.50. The van der Waals surface area contributed by atoms with E-state index in [1.165, 1.54) is 17.0 Å². The molecule has 6 nitrogen and oxygen atoms in total. The normalized spacial score (nSPS) is 15.8. The van der Waals surface area contributed by atoms with Crippen LogP contribution in [-0.2, 0) is 0 Å². The molecule has 1 unspecified atom stereocenters. The molecular formula is C21H12FN3O3. The van der Waals surface area contributed by atoms with Gasteiger partial charge in [0.1, 0.15) is 23.3 Å². The molecule has 0 saturated carbocycles. The third kappa shape index (κ3) is 2.33. The van der Waals surface area contributed by atoms with Crippen LogP contribution in [0.3, 0.4) is 0 Å². The van der Waals surface area contributed by atoms with E-state index in [-0.39, 0.29) is 22.3 Å². The molecule has 1 atom stereocenters. The van der Waals surface area contributed by atoms with Gasteiger partial charge in [0, 0.05) is 12.4 Å². The zero-order valence-electron chi connectivity index (χ0n) is 14.4. The van der Waals surface area contributed by atoms with Crippen LogP contribution in [-0.4, -0.2) is 15.9 Å². The van der Waals surface area contributed by atoms with E-state index in [2.05, 4.69) is 9.97 Å².